The molecule has 3 amide bonds. The number of fused-ring (bicyclic) bond motifs is 2. The molecule has 4 aromatic rings. The van der Waals surface area contributed by atoms with Gasteiger partial charge in [0.1, 0.15) is 6.04 Å². The summed E-state index contributed by atoms with van der Waals surface area (Å²) in [5, 5.41) is 6.84. The highest BCUT2D eigenvalue weighted by Crippen LogP contribution is 2.36. The van der Waals surface area contributed by atoms with Crippen molar-refractivity contribution >= 4 is 39.3 Å². The summed E-state index contributed by atoms with van der Waals surface area (Å²) < 4.78 is 2.96. The smallest absolute Gasteiger partial charge is 0.255 e. The quantitative estimate of drug-likeness (QED) is 0.477. The van der Waals surface area contributed by atoms with E-state index in [0.29, 0.717) is 18.5 Å². The van der Waals surface area contributed by atoms with Crippen LogP contribution in [-0.2, 0) is 23.2 Å². The summed E-state index contributed by atoms with van der Waals surface area (Å²) in [7, 11) is 1.91. The Kier molecular flexibility index (Phi) is 4.41. The maximum atomic E-state index is 13.0. The molecule has 0 radical (unpaired) electrons. The lowest BCUT2D eigenvalue weighted by atomic mass is 9.98. The summed E-state index contributed by atoms with van der Waals surface area (Å²) in [4.78, 5) is 42.7. The molecule has 1 N–H and O–H groups in total. The number of nitrogens with zero attached hydrogens (tertiary/aromatic N) is 4. The molecule has 0 unspecified atom stereocenters. The zero-order chi connectivity index (χ0) is 22.7. The average Bonchev–Trinajstić information content (AvgIpc) is 3.50. The van der Waals surface area contributed by atoms with Gasteiger partial charge >= 0.3 is 0 Å². The van der Waals surface area contributed by atoms with Gasteiger partial charge in [-0.3, -0.25) is 24.4 Å². The molecule has 0 bridgehead atoms. The van der Waals surface area contributed by atoms with E-state index in [0.717, 1.165) is 38.2 Å². The van der Waals surface area contributed by atoms with Crippen molar-refractivity contribution in [1.82, 2.24) is 25.0 Å². The van der Waals surface area contributed by atoms with Crippen LogP contribution >= 0.6 is 11.3 Å². The van der Waals surface area contributed by atoms with Gasteiger partial charge in [0.25, 0.3) is 5.91 Å². The van der Waals surface area contributed by atoms with Crippen molar-refractivity contribution in [3.63, 3.8) is 0 Å². The van der Waals surface area contributed by atoms with E-state index in [1.54, 1.807) is 16.2 Å². The first kappa shape index (κ1) is 19.8. The van der Waals surface area contributed by atoms with Crippen molar-refractivity contribution in [2.75, 3.05) is 0 Å². The first-order valence-electron chi connectivity index (χ1n) is 10.6. The molecule has 1 atom stereocenters. The minimum absolute atomic E-state index is 0.173. The molecule has 164 valence electrons. The molecular formula is C24H19N5O3S. The monoisotopic (exact) mass is 457 g/mol. The van der Waals surface area contributed by atoms with Gasteiger partial charge in [-0.2, -0.15) is 5.10 Å². The summed E-state index contributed by atoms with van der Waals surface area (Å²) >= 11 is 1.60. The molecule has 2 aliphatic rings. The molecule has 0 saturated carbocycles. The van der Waals surface area contributed by atoms with Crippen molar-refractivity contribution in [2.45, 2.75) is 25.4 Å². The third-order valence-corrected chi connectivity index (χ3v) is 7.17. The van der Waals surface area contributed by atoms with E-state index in [9.17, 15) is 14.4 Å². The normalized spacial score (nSPS) is 18.2. The molecule has 2 aromatic heterocycles. The minimum atomic E-state index is -0.619. The highest BCUT2D eigenvalue weighted by Gasteiger charge is 2.39. The largest absolute Gasteiger partial charge is 0.322 e. The predicted octanol–water partition coefficient (Wildman–Crippen LogP) is 3.12. The number of aryl methyl sites for hydroxylation is 1. The Labute approximate surface area is 192 Å². The first-order chi connectivity index (χ1) is 16.0. The summed E-state index contributed by atoms with van der Waals surface area (Å²) in [6, 6.07) is 11.3. The number of carbonyl (C=O) groups is 3. The van der Waals surface area contributed by atoms with Crippen molar-refractivity contribution in [3.05, 3.63) is 59.2 Å². The average molecular weight is 458 g/mol. The van der Waals surface area contributed by atoms with E-state index in [1.807, 2.05) is 53.8 Å². The van der Waals surface area contributed by atoms with E-state index < -0.39 is 11.9 Å². The molecule has 33 heavy (non-hydrogen) atoms. The molecule has 1 fully saturated rings. The van der Waals surface area contributed by atoms with Gasteiger partial charge in [-0.25, -0.2) is 4.98 Å². The Bertz CT molecular complexity index is 1470. The summed E-state index contributed by atoms with van der Waals surface area (Å²) in [6.45, 7) is 0.344. The van der Waals surface area contributed by atoms with Crippen molar-refractivity contribution in [2.24, 2.45) is 7.05 Å². The van der Waals surface area contributed by atoms with Gasteiger partial charge in [0, 0.05) is 36.7 Å². The number of hydrogen-bond acceptors (Lipinski definition) is 6. The maximum Gasteiger partial charge on any atom is 0.255 e. The fourth-order valence-electron chi connectivity index (χ4n) is 4.74. The van der Waals surface area contributed by atoms with Crippen LogP contribution in [0.3, 0.4) is 0 Å². The van der Waals surface area contributed by atoms with E-state index in [1.165, 1.54) is 0 Å². The molecule has 9 heteroatoms. The van der Waals surface area contributed by atoms with Crippen LogP contribution in [0, 0.1) is 0 Å². The van der Waals surface area contributed by atoms with Crippen LogP contribution in [-0.4, -0.2) is 43.4 Å². The molecule has 0 spiro atoms. The Morgan fingerprint density at radius 2 is 1.91 bits per heavy atom. The Morgan fingerprint density at radius 3 is 2.76 bits per heavy atom. The molecule has 6 rings (SSSR count). The van der Waals surface area contributed by atoms with Gasteiger partial charge in [-0.15, -0.1) is 11.3 Å². The van der Waals surface area contributed by atoms with Gasteiger partial charge in [0.2, 0.25) is 11.8 Å². The van der Waals surface area contributed by atoms with E-state index in [2.05, 4.69) is 21.5 Å². The molecule has 1 saturated heterocycles. The van der Waals surface area contributed by atoms with Crippen molar-refractivity contribution in [3.8, 4) is 22.4 Å². The number of hydrogen-bond donors (Lipinski definition) is 1. The van der Waals surface area contributed by atoms with Crippen LogP contribution in [0.15, 0.2) is 48.1 Å². The summed E-state index contributed by atoms with van der Waals surface area (Å²) in [6.07, 6.45) is 2.43. The molecule has 4 heterocycles. The number of aromatic nitrogens is 3. The van der Waals surface area contributed by atoms with Crippen LogP contribution in [0.25, 0.3) is 32.6 Å². The second kappa shape index (κ2) is 7.35. The van der Waals surface area contributed by atoms with Crippen LogP contribution in [0.1, 0.15) is 28.8 Å². The van der Waals surface area contributed by atoms with Crippen LogP contribution in [0.2, 0.25) is 0 Å². The van der Waals surface area contributed by atoms with Crippen LogP contribution in [0.5, 0.6) is 0 Å². The first-order valence-corrected chi connectivity index (χ1v) is 11.5. The fourth-order valence-corrected chi connectivity index (χ4v) is 5.45. The summed E-state index contributed by atoms with van der Waals surface area (Å²) in [5.74, 6) is -0.864. The molecule has 2 aliphatic heterocycles. The van der Waals surface area contributed by atoms with Gasteiger partial charge in [-0.05, 0) is 41.8 Å². The Balaban J connectivity index is 1.36. The van der Waals surface area contributed by atoms with E-state index >= 15 is 0 Å². The minimum Gasteiger partial charge on any atom is -0.322 e. The third-order valence-electron chi connectivity index (χ3n) is 6.38. The Morgan fingerprint density at radius 1 is 1.06 bits per heavy atom. The summed E-state index contributed by atoms with van der Waals surface area (Å²) in [5.41, 5.74) is 8.23. The lowest BCUT2D eigenvalue weighted by Gasteiger charge is -2.29. The number of benzene rings is 2. The maximum absolute atomic E-state index is 13.0. The SMILES string of the molecule is Cn1ncc(-c2ccc3c(c2)CN([C@H]2CCC(=O)NC2=O)C3=O)c1-c1ccc2ncsc2c1. The lowest BCUT2D eigenvalue weighted by Crippen LogP contribution is -2.52. The van der Waals surface area contributed by atoms with E-state index in [4.69, 9.17) is 0 Å². The molecule has 2 aromatic carbocycles. The lowest BCUT2D eigenvalue weighted by molar-refractivity contribution is -0.136. The zero-order valence-electron chi connectivity index (χ0n) is 17.7. The van der Waals surface area contributed by atoms with Crippen LogP contribution < -0.4 is 5.32 Å². The van der Waals surface area contributed by atoms with Crippen LogP contribution in [0.4, 0.5) is 0 Å². The second-order valence-corrected chi connectivity index (χ2v) is 9.22. The van der Waals surface area contributed by atoms with Gasteiger partial charge in [0.15, 0.2) is 0 Å². The number of amides is 3. The molecule has 0 aliphatic carbocycles. The number of carbonyl (C=O) groups excluding carboxylic acids is 3. The molecule has 8 nitrogen and oxygen atoms in total. The highest BCUT2D eigenvalue weighted by molar-refractivity contribution is 7.16. The van der Waals surface area contributed by atoms with Gasteiger partial charge in [0.05, 0.1) is 27.6 Å². The van der Waals surface area contributed by atoms with Crippen molar-refractivity contribution in [1.29, 1.82) is 0 Å². The number of imide groups is 1. The standard InChI is InChI=1S/C24H19N5O3S/c1-28-22(14-3-5-18-20(9-14)33-12-25-18)17(10-26-28)13-2-4-16-15(8-13)11-29(24(16)32)19-6-7-21(30)27-23(19)31/h2-5,8-10,12,19H,6-7,11H2,1H3,(H,27,30,31)/t19-/m0/s1. The fraction of sp³-hybridized carbons (Fsp3) is 0.208. The van der Waals surface area contributed by atoms with Crippen molar-refractivity contribution < 1.29 is 14.4 Å². The predicted molar refractivity (Wildman–Crippen MR) is 123 cm³/mol. The zero-order valence-corrected chi connectivity index (χ0v) is 18.6. The second-order valence-electron chi connectivity index (χ2n) is 8.34. The Hall–Kier alpha value is -3.85. The number of piperidine rings is 1. The number of thiazole rings is 1. The molecular weight excluding hydrogens is 438 g/mol. The van der Waals surface area contributed by atoms with E-state index in [-0.39, 0.29) is 18.2 Å². The van der Waals surface area contributed by atoms with Gasteiger partial charge < -0.3 is 4.90 Å². The topological polar surface area (TPSA) is 97.2 Å². The highest BCUT2D eigenvalue weighted by atomic mass is 32.1. The number of nitrogens with one attached hydrogen (secondary N) is 1. The van der Waals surface area contributed by atoms with Gasteiger partial charge in [-0.1, -0.05) is 12.1 Å². The number of rotatable bonds is 3. The third kappa shape index (κ3) is 3.15.